The van der Waals surface area contributed by atoms with Gasteiger partial charge in [0.05, 0.1) is 27.7 Å². The van der Waals surface area contributed by atoms with Gasteiger partial charge in [-0.3, -0.25) is 0 Å². The van der Waals surface area contributed by atoms with Gasteiger partial charge in [-0.2, -0.15) is 0 Å². The number of para-hydroxylation sites is 2. The van der Waals surface area contributed by atoms with E-state index in [1.165, 1.54) is 4.57 Å². The van der Waals surface area contributed by atoms with Crippen molar-refractivity contribution in [3.05, 3.63) is 194 Å². The molecular weight excluding hydrogens is 701 g/mol. The first-order chi connectivity index (χ1) is 31.1. The zero-order chi connectivity index (χ0) is 44.0. The van der Waals surface area contributed by atoms with E-state index < -0.39 is 48.3 Å². The Morgan fingerprint density at radius 2 is 0.982 bits per heavy atom. The number of benzene rings is 8. The lowest BCUT2D eigenvalue weighted by Crippen LogP contribution is -2.04. The van der Waals surface area contributed by atoms with Crippen molar-refractivity contribution in [2.24, 2.45) is 0 Å². The summed E-state index contributed by atoms with van der Waals surface area (Å²) in [4.78, 5) is 15.2. The summed E-state index contributed by atoms with van der Waals surface area (Å²) in [6.45, 7) is 0. The minimum atomic E-state index is -0.511. The van der Waals surface area contributed by atoms with E-state index in [0.29, 0.717) is 22.9 Å². The van der Waals surface area contributed by atoms with Gasteiger partial charge >= 0.3 is 0 Å². The Hall–Kier alpha value is -7.21. The fourth-order valence-corrected chi connectivity index (χ4v) is 8.87. The molecule has 0 amide bonds. The minimum absolute atomic E-state index is 0.00185. The van der Waals surface area contributed by atoms with Crippen LogP contribution in [-0.4, -0.2) is 19.5 Å². The molecule has 11 rings (SSSR count). The summed E-state index contributed by atoms with van der Waals surface area (Å²) in [5, 5.41) is 2.12. The van der Waals surface area contributed by atoms with Crippen molar-refractivity contribution in [2.45, 2.75) is 0 Å². The van der Waals surface area contributed by atoms with Crippen LogP contribution in [0.25, 0.3) is 104 Å². The molecule has 3 aromatic heterocycles. The predicted molar refractivity (Wildman–Crippen MR) is 234 cm³/mol. The van der Waals surface area contributed by atoms with E-state index in [0.717, 1.165) is 53.6 Å². The number of aromatic nitrogens is 4. The SMILES string of the molecule is [2H]c1c([2H])c([2H])c2c(c1[2H])c1c([2H])c([2H])c([2H])c([2H])c1n2-c1ccc(-c2cccc3sc4c(-c5ccccc5)cccc4c23)cc1-c1nc(-c2ccccc2)nc(-c2ccccc2)n1. The molecule has 0 aliphatic rings. The van der Waals surface area contributed by atoms with Gasteiger partial charge in [-0.05, 0) is 52.5 Å². The summed E-state index contributed by atoms with van der Waals surface area (Å²) < 4.78 is 75.4. The second kappa shape index (κ2) is 13.3. The first kappa shape index (κ1) is 25.0. The first-order valence-corrected chi connectivity index (χ1v) is 18.9. The highest BCUT2D eigenvalue weighted by Gasteiger charge is 2.21. The average molecular weight is 741 g/mol. The highest BCUT2D eigenvalue weighted by molar-refractivity contribution is 7.26. The molecule has 0 saturated heterocycles. The van der Waals surface area contributed by atoms with E-state index in [4.69, 9.17) is 23.2 Å². The van der Waals surface area contributed by atoms with Crippen molar-refractivity contribution in [3.8, 4) is 62.1 Å². The Kier molecular flexibility index (Phi) is 5.92. The maximum Gasteiger partial charge on any atom is 0.166 e. The molecule has 0 radical (unpaired) electrons. The molecule has 5 heteroatoms. The lowest BCUT2D eigenvalue weighted by molar-refractivity contribution is 1.06. The van der Waals surface area contributed by atoms with E-state index in [-0.39, 0.29) is 27.6 Å². The van der Waals surface area contributed by atoms with Gasteiger partial charge in [0, 0.05) is 47.6 Å². The summed E-state index contributed by atoms with van der Waals surface area (Å²) in [5.74, 6) is 1.03. The summed E-state index contributed by atoms with van der Waals surface area (Å²) in [5.41, 5.74) is 6.27. The van der Waals surface area contributed by atoms with Gasteiger partial charge < -0.3 is 4.57 Å². The summed E-state index contributed by atoms with van der Waals surface area (Å²) in [6.07, 6.45) is 0. The Labute approximate surface area is 338 Å². The van der Waals surface area contributed by atoms with Crippen molar-refractivity contribution in [1.29, 1.82) is 0 Å². The van der Waals surface area contributed by atoms with Crippen LogP contribution in [0.4, 0.5) is 0 Å². The van der Waals surface area contributed by atoms with Crippen molar-refractivity contribution in [1.82, 2.24) is 19.5 Å². The molecule has 262 valence electrons. The maximum atomic E-state index is 9.30. The van der Waals surface area contributed by atoms with Gasteiger partial charge in [-0.1, -0.05) is 164 Å². The molecule has 0 spiro atoms. The molecule has 0 atom stereocenters. The zero-order valence-corrected chi connectivity index (χ0v) is 30.4. The third-order valence-corrected chi connectivity index (χ3v) is 11.3. The molecule has 0 aliphatic heterocycles. The highest BCUT2D eigenvalue weighted by atomic mass is 32.1. The largest absolute Gasteiger partial charge is 0.309 e. The Morgan fingerprint density at radius 1 is 0.429 bits per heavy atom. The Morgan fingerprint density at radius 3 is 1.62 bits per heavy atom. The third-order valence-electron chi connectivity index (χ3n) is 10.1. The minimum Gasteiger partial charge on any atom is -0.309 e. The second-order valence-corrected chi connectivity index (χ2v) is 14.4. The molecule has 8 aromatic carbocycles. The van der Waals surface area contributed by atoms with Crippen LogP contribution in [-0.2, 0) is 0 Å². The number of thiophene rings is 1. The van der Waals surface area contributed by atoms with Crippen LogP contribution in [0.5, 0.6) is 0 Å². The standard InChI is InChI=1S/C51H32N4S/c1-4-16-33(17-5-1)38-25-14-26-41-47-37(24-15-29-46(47)56-48(38)41)36-30-31-45(55-43-27-12-10-22-39(43)40-23-11-13-28-44(40)55)42(32-36)51-53-49(34-18-6-2-7-19-34)52-50(54-51)35-20-8-3-9-21-35/h1-32H/i10D,11D,12D,13D,22D,23D,27D,28D. The van der Waals surface area contributed by atoms with Crippen LogP contribution in [0.3, 0.4) is 0 Å². The Balaban J connectivity index is 1.28. The van der Waals surface area contributed by atoms with Gasteiger partial charge in [0.25, 0.3) is 0 Å². The molecule has 0 unspecified atom stereocenters. The summed E-state index contributed by atoms with van der Waals surface area (Å²) in [7, 11) is 0. The first-order valence-electron chi connectivity index (χ1n) is 22.1. The van der Waals surface area contributed by atoms with Gasteiger partial charge in [0.2, 0.25) is 0 Å². The fourth-order valence-electron chi connectivity index (χ4n) is 7.60. The van der Waals surface area contributed by atoms with Crippen LogP contribution in [0.2, 0.25) is 0 Å². The summed E-state index contributed by atoms with van der Waals surface area (Å²) in [6, 6.07) is 44.1. The molecule has 11 aromatic rings. The molecule has 56 heavy (non-hydrogen) atoms. The van der Waals surface area contributed by atoms with Crippen LogP contribution < -0.4 is 0 Å². The van der Waals surface area contributed by atoms with Crippen LogP contribution in [0, 0.1) is 0 Å². The van der Waals surface area contributed by atoms with Gasteiger partial charge in [-0.25, -0.2) is 15.0 Å². The monoisotopic (exact) mass is 740 g/mol. The Bertz CT molecular complexity index is 3570. The van der Waals surface area contributed by atoms with Crippen molar-refractivity contribution < 1.29 is 11.0 Å². The molecule has 4 nitrogen and oxygen atoms in total. The molecular formula is C51H32N4S. The molecule has 0 N–H and O–H groups in total. The molecule has 0 bridgehead atoms. The van der Waals surface area contributed by atoms with E-state index in [9.17, 15) is 2.74 Å². The van der Waals surface area contributed by atoms with Gasteiger partial charge in [0.15, 0.2) is 17.5 Å². The van der Waals surface area contributed by atoms with Gasteiger partial charge in [-0.15, -0.1) is 11.3 Å². The maximum absolute atomic E-state index is 9.30. The lowest BCUT2D eigenvalue weighted by Gasteiger charge is -2.16. The topological polar surface area (TPSA) is 43.6 Å². The number of fused-ring (bicyclic) bond motifs is 6. The van der Waals surface area contributed by atoms with E-state index in [1.807, 2.05) is 103 Å². The van der Waals surface area contributed by atoms with Crippen LogP contribution in [0.15, 0.2) is 194 Å². The third kappa shape index (κ3) is 5.32. The smallest absolute Gasteiger partial charge is 0.166 e. The fraction of sp³-hybridized carbons (Fsp3) is 0. The molecule has 0 fully saturated rings. The van der Waals surface area contributed by atoms with Crippen molar-refractivity contribution in [2.75, 3.05) is 0 Å². The number of hydrogen-bond acceptors (Lipinski definition) is 4. The lowest BCUT2D eigenvalue weighted by atomic mass is 9.95. The molecule has 0 aliphatic carbocycles. The molecule has 0 saturated carbocycles. The second-order valence-electron chi connectivity index (χ2n) is 13.4. The van der Waals surface area contributed by atoms with Gasteiger partial charge in [0.1, 0.15) is 0 Å². The van der Waals surface area contributed by atoms with E-state index in [2.05, 4.69) is 42.5 Å². The quantitative estimate of drug-likeness (QED) is 0.170. The number of rotatable bonds is 6. The zero-order valence-electron chi connectivity index (χ0n) is 37.6. The number of nitrogens with zero attached hydrogens (tertiary/aromatic N) is 4. The van der Waals surface area contributed by atoms with Crippen LogP contribution >= 0.6 is 11.3 Å². The van der Waals surface area contributed by atoms with Crippen LogP contribution in [0.1, 0.15) is 11.0 Å². The highest BCUT2D eigenvalue weighted by Crippen LogP contribution is 2.45. The number of hydrogen-bond donors (Lipinski definition) is 0. The summed E-state index contributed by atoms with van der Waals surface area (Å²) >= 11 is 1.73. The van der Waals surface area contributed by atoms with Crippen molar-refractivity contribution in [3.63, 3.8) is 0 Å². The average Bonchev–Trinajstić information content (AvgIpc) is 3.92. The molecule has 3 heterocycles. The normalized spacial score (nSPS) is 13.6. The van der Waals surface area contributed by atoms with E-state index in [1.54, 1.807) is 11.3 Å². The predicted octanol–water partition coefficient (Wildman–Crippen LogP) is 13.7. The van der Waals surface area contributed by atoms with Crippen molar-refractivity contribution >= 4 is 53.3 Å². The van der Waals surface area contributed by atoms with E-state index >= 15 is 0 Å².